The Kier molecular flexibility index (Phi) is 5.48. The summed E-state index contributed by atoms with van der Waals surface area (Å²) in [5, 5.41) is 0. The SMILES string of the molecule is CC(C(N)=O)N1CCN(Cc2ccc(OC(F)(F)F)cc2)CC1. The van der Waals surface area contributed by atoms with Crippen molar-refractivity contribution < 1.29 is 22.7 Å². The average Bonchev–Trinajstić information content (AvgIpc) is 2.48. The molecule has 0 aromatic heterocycles. The number of halogens is 3. The first-order valence-corrected chi connectivity index (χ1v) is 7.35. The molecule has 23 heavy (non-hydrogen) atoms. The molecule has 1 aromatic carbocycles. The van der Waals surface area contributed by atoms with Gasteiger partial charge >= 0.3 is 6.36 Å². The maximum Gasteiger partial charge on any atom is 0.573 e. The Balaban J connectivity index is 1.83. The average molecular weight is 331 g/mol. The third-order valence-electron chi connectivity index (χ3n) is 3.93. The first-order chi connectivity index (χ1) is 10.7. The monoisotopic (exact) mass is 331 g/mol. The van der Waals surface area contributed by atoms with E-state index in [1.54, 1.807) is 19.1 Å². The second-order valence-electron chi connectivity index (χ2n) is 5.58. The van der Waals surface area contributed by atoms with E-state index >= 15 is 0 Å². The summed E-state index contributed by atoms with van der Waals surface area (Å²) in [6, 6.07) is 5.59. The van der Waals surface area contributed by atoms with Gasteiger partial charge in [-0.3, -0.25) is 14.6 Å². The number of amides is 1. The Bertz CT molecular complexity index is 526. The zero-order chi connectivity index (χ0) is 17.0. The molecule has 128 valence electrons. The second kappa shape index (κ2) is 7.18. The van der Waals surface area contributed by atoms with Gasteiger partial charge in [-0.15, -0.1) is 13.2 Å². The minimum absolute atomic E-state index is 0.221. The summed E-state index contributed by atoms with van der Waals surface area (Å²) in [5.41, 5.74) is 6.21. The lowest BCUT2D eigenvalue weighted by molar-refractivity contribution is -0.274. The lowest BCUT2D eigenvalue weighted by Gasteiger charge is -2.36. The van der Waals surface area contributed by atoms with Gasteiger partial charge in [-0.2, -0.15) is 0 Å². The van der Waals surface area contributed by atoms with E-state index in [4.69, 9.17) is 5.73 Å². The largest absolute Gasteiger partial charge is 0.573 e. The van der Waals surface area contributed by atoms with E-state index in [1.165, 1.54) is 12.1 Å². The van der Waals surface area contributed by atoms with Crippen molar-refractivity contribution in [2.24, 2.45) is 5.73 Å². The number of alkyl halides is 3. The molecule has 2 N–H and O–H groups in total. The Morgan fingerprint density at radius 1 is 1.22 bits per heavy atom. The number of ether oxygens (including phenoxy) is 1. The predicted molar refractivity (Wildman–Crippen MR) is 78.6 cm³/mol. The quantitative estimate of drug-likeness (QED) is 0.890. The molecule has 1 heterocycles. The number of carbonyl (C=O) groups is 1. The molecule has 1 fully saturated rings. The molecule has 1 atom stereocenters. The van der Waals surface area contributed by atoms with Gasteiger partial charge in [-0.1, -0.05) is 12.1 Å². The van der Waals surface area contributed by atoms with Crippen LogP contribution < -0.4 is 10.5 Å². The summed E-state index contributed by atoms with van der Waals surface area (Å²) in [7, 11) is 0. The number of carbonyl (C=O) groups excluding carboxylic acids is 1. The summed E-state index contributed by atoms with van der Waals surface area (Å²) in [6.07, 6.45) is -4.67. The Labute approximate surface area is 132 Å². The fourth-order valence-corrected chi connectivity index (χ4v) is 2.54. The topological polar surface area (TPSA) is 58.8 Å². The number of hydrogen-bond acceptors (Lipinski definition) is 4. The summed E-state index contributed by atoms with van der Waals surface area (Å²) in [4.78, 5) is 15.4. The maximum atomic E-state index is 12.1. The fourth-order valence-electron chi connectivity index (χ4n) is 2.54. The molecule has 1 saturated heterocycles. The smallest absolute Gasteiger partial charge is 0.406 e. The van der Waals surface area contributed by atoms with Crippen molar-refractivity contribution in [3.05, 3.63) is 29.8 Å². The first-order valence-electron chi connectivity index (χ1n) is 7.35. The van der Waals surface area contributed by atoms with Crippen LogP contribution in [0.4, 0.5) is 13.2 Å². The lowest BCUT2D eigenvalue weighted by atomic mass is 10.1. The molecule has 1 aliphatic rings. The van der Waals surface area contributed by atoms with E-state index in [9.17, 15) is 18.0 Å². The standard InChI is InChI=1S/C15H20F3N3O2/c1-11(14(19)22)21-8-6-20(7-9-21)10-12-2-4-13(5-3-12)23-15(16,17)18/h2-5,11H,6-10H2,1H3,(H2,19,22). The van der Waals surface area contributed by atoms with Gasteiger partial charge in [0.1, 0.15) is 5.75 Å². The number of hydrogen-bond donors (Lipinski definition) is 1. The van der Waals surface area contributed by atoms with Crippen LogP contribution in [0.2, 0.25) is 0 Å². The number of piperazine rings is 1. The highest BCUT2D eigenvalue weighted by atomic mass is 19.4. The van der Waals surface area contributed by atoms with Gasteiger partial charge in [0.15, 0.2) is 0 Å². The predicted octanol–water partition coefficient (Wildman–Crippen LogP) is 1.58. The lowest BCUT2D eigenvalue weighted by Crippen LogP contribution is -2.52. The Morgan fingerprint density at radius 3 is 2.26 bits per heavy atom. The van der Waals surface area contributed by atoms with Crippen molar-refractivity contribution in [1.29, 1.82) is 0 Å². The van der Waals surface area contributed by atoms with Crippen LogP contribution >= 0.6 is 0 Å². The van der Waals surface area contributed by atoms with Crippen molar-refractivity contribution in [2.45, 2.75) is 25.9 Å². The van der Waals surface area contributed by atoms with Crippen LogP contribution in [0.1, 0.15) is 12.5 Å². The first kappa shape index (κ1) is 17.6. The van der Waals surface area contributed by atoms with Gasteiger partial charge in [-0.25, -0.2) is 0 Å². The van der Waals surface area contributed by atoms with Crippen LogP contribution in [0.3, 0.4) is 0 Å². The van der Waals surface area contributed by atoms with E-state index < -0.39 is 6.36 Å². The number of benzene rings is 1. The van der Waals surface area contributed by atoms with Crippen LogP contribution in [-0.4, -0.2) is 54.3 Å². The molecule has 1 amide bonds. The molecule has 8 heteroatoms. The number of nitrogens with two attached hydrogens (primary N) is 1. The van der Waals surface area contributed by atoms with E-state index in [0.717, 1.165) is 31.7 Å². The maximum absolute atomic E-state index is 12.1. The van der Waals surface area contributed by atoms with Crippen molar-refractivity contribution in [2.75, 3.05) is 26.2 Å². The van der Waals surface area contributed by atoms with Crippen molar-refractivity contribution in [1.82, 2.24) is 9.80 Å². The molecule has 1 aromatic rings. The third kappa shape index (κ3) is 5.40. The molecule has 0 spiro atoms. The van der Waals surface area contributed by atoms with Crippen molar-refractivity contribution >= 4 is 5.91 Å². The highest BCUT2D eigenvalue weighted by molar-refractivity contribution is 5.79. The Hall–Kier alpha value is -1.80. The molecule has 1 unspecified atom stereocenters. The van der Waals surface area contributed by atoms with Crippen LogP contribution in [0.5, 0.6) is 5.75 Å². The normalized spacial score (nSPS) is 18.6. The zero-order valence-electron chi connectivity index (χ0n) is 12.8. The number of rotatable bonds is 5. The molecule has 0 radical (unpaired) electrons. The van der Waals surface area contributed by atoms with Gasteiger partial charge in [0.25, 0.3) is 0 Å². The molecule has 0 saturated carbocycles. The van der Waals surface area contributed by atoms with Crippen LogP contribution in [0.25, 0.3) is 0 Å². The number of nitrogens with zero attached hydrogens (tertiary/aromatic N) is 2. The third-order valence-corrected chi connectivity index (χ3v) is 3.93. The molecular weight excluding hydrogens is 311 g/mol. The highest BCUT2D eigenvalue weighted by Gasteiger charge is 2.31. The molecule has 1 aliphatic heterocycles. The van der Waals surface area contributed by atoms with E-state index in [0.29, 0.717) is 6.54 Å². The number of primary amides is 1. The molecule has 0 aliphatic carbocycles. The van der Waals surface area contributed by atoms with Gasteiger partial charge < -0.3 is 10.5 Å². The summed E-state index contributed by atoms with van der Waals surface area (Å²) in [5.74, 6) is -0.556. The fraction of sp³-hybridized carbons (Fsp3) is 0.533. The Morgan fingerprint density at radius 2 is 1.78 bits per heavy atom. The van der Waals surface area contributed by atoms with Gasteiger partial charge in [0, 0.05) is 32.7 Å². The van der Waals surface area contributed by atoms with Gasteiger partial charge in [-0.05, 0) is 24.6 Å². The molecule has 0 bridgehead atoms. The molecular formula is C15H20F3N3O2. The van der Waals surface area contributed by atoms with Gasteiger partial charge in [0.05, 0.1) is 6.04 Å². The van der Waals surface area contributed by atoms with E-state index in [-0.39, 0.29) is 17.7 Å². The van der Waals surface area contributed by atoms with Crippen LogP contribution in [0.15, 0.2) is 24.3 Å². The summed E-state index contributed by atoms with van der Waals surface area (Å²) >= 11 is 0. The van der Waals surface area contributed by atoms with E-state index in [2.05, 4.69) is 9.64 Å². The zero-order valence-corrected chi connectivity index (χ0v) is 12.8. The van der Waals surface area contributed by atoms with Gasteiger partial charge in [0.2, 0.25) is 5.91 Å². The van der Waals surface area contributed by atoms with E-state index in [1.807, 2.05) is 4.90 Å². The van der Waals surface area contributed by atoms with Crippen LogP contribution in [-0.2, 0) is 11.3 Å². The highest BCUT2D eigenvalue weighted by Crippen LogP contribution is 2.23. The molecule has 5 nitrogen and oxygen atoms in total. The minimum Gasteiger partial charge on any atom is -0.406 e. The molecule has 2 rings (SSSR count). The summed E-state index contributed by atoms with van der Waals surface area (Å²) < 4.78 is 40.2. The summed E-state index contributed by atoms with van der Waals surface area (Å²) in [6.45, 7) is 5.46. The van der Waals surface area contributed by atoms with Crippen LogP contribution in [0, 0.1) is 0 Å². The minimum atomic E-state index is -4.67. The van der Waals surface area contributed by atoms with Crippen molar-refractivity contribution in [3.8, 4) is 5.75 Å². The van der Waals surface area contributed by atoms with Crippen molar-refractivity contribution in [3.63, 3.8) is 0 Å². The second-order valence-corrected chi connectivity index (χ2v) is 5.58.